The van der Waals surface area contributed by atoms with Crippen LogP contribution in [0.5, 0.6) is 0 Å². The van der Waals surface area contributed by atoms with E-state index in [1.165, 1.54) is 12.8 Å². The Labute approximate surface area is 94.8 Å². The van der Waals surface area contributed by atoms with Gasteiger partial charge < -0.3 is 19.8 Å². The van der Waals surface area contributed by atoms with E-state index < -0.39 is 0 Å². The summed E-state index contributed by atoms with van der Waals surface area (Å²) in [5.74, 6) is 0.624. The van der Waals surface area contributed by atoms with E-state index >= 15 is 0 Å². The van der Waals surface area contributed by atoms with E-state index in [4.69, 9.17) is 9.15 Å². The van der Waals surface area contributed by atoms with E-state index in [-0.39, 0.29) is 6.04 Å². The van der Waals surface area contributed by atoms with Gasteiger partial charge in [0.15, 0.2) is 0 Å². The van der Waals surface area contributed by atoms with Crippen LogP contribution in [0.1, 0.15) is 25.7 Å². The summed E-state index contributed by atoms with van der Waals surface area (Å²) in [6.07, 6.45) is 2.51. The first-order valence-corrected chi connectivity index (χ1v) is 5.59. The zero-order valence-corrected chi connectivity index (χ0v) is 9.69. The SMILES string of the molecule is COCC(C)Nc1nnc(CNC2CC2)o1. The molecule has 2 rings (SSSR count). The number of ether oxygens (including phenoxy) is 1. The molecular formula is C10H18N4O2. The molecule has 1 unspecified atom stereocenters. The summed E-state index contributed by atoms with van der Waals surface area (Å²) in [5, 5.41) is 14.2. The summed E-state index contributed by atoms with van der Waals surface area (Å²) < 4.78 is 10.4. The van der Waals surface area contributed by atoms with Crippen molar-refractivity contribution in [1.82, 2.24) is 15.5 Å². The number of nitrogens with zero attached hydrogens (tertiary/aromatic N) is 2. The Bertz CT molecular complexity index is 324. The van der Waals surface area contributed by atoms with E-state index in [1.54, 1.807) is 7.11 Å². The smallest absolute Gasteiger partial charge is 0.315 e. The maximum Gasteiger partial charge on any atom is 0.315 e. The van der Waals surface area contributed by atoms with Crippen LogP contribution >= 0.6 is 0 Å². The molecule has 2 N–H and O–H groups in total. The molecule has 0 spiro atoms. The minimum absolute atomic E-state index is 0.162. The van der Waals surface area contributed by atoms with E-state index in [0.717, 1.165) is 0 Å². The molecule has 1 fully saturated rings. The predicted molar refractivity (Wildman–Crippen MR) is 59.1 cm³/mol. The molecule has 90 valence electrons. The van der Waals surface area contributed by atoms with Crippen molar-refractivity contribution in [2.75, 3.05) is 19.0 Å². The number of rotatable bonds is 7. The molecule has 16 heavy (non-hydrogen) atoms. The molecule has 1 saturated carbocycles. The molecule has 6 nitrogen and oxygen atoms in total. The summed E-state index contributed by atoms with van der Waals surface area (Å²) in [5.41, 5.74) is 0. The van der Waals surface area contributed by atoms with Crippen LogP contribution in [0, 0.1) is 0 Å². The monoisotopic (exact) mass is 226 g/mol. The van der Waals surface area contributed by atoms with Gasteiger partial charge in [0, 0.05) is 13.2 Å². The fourth-order valence-corrected chi connectivity index (χ4v) is 1.40. The molecule has 1 aliphatic carbocycles. The number of aromatic nitrogens is 2. The van der Waals surface area contributed by atoms with Gasteiger partial charge in [-0.2, -0.15) is 0 Å². The van der Waals surface area contributed by atoms with E-state index in [2.05, 4.69) is 20.8 Å². The Kier molecular flexibility index (Phi) is 3.74. The summed E-state index contributed by atoms with van der Waals surface area (Å²) in [6, 6.07) is 1.27. The van der Waals surface area contributed by atoms with Gasteiger partial charge >= 0.3 is 6.01 Å². The van der Waals surface area contributed by atoms with Crippen LogP contribution in [0.15, 0.2) is 4.42 Å². The fraction of sp³-hybridized carbons (Fsp3) is 0.800. The lowest BCUT2D eigenvalue weighted by atomic mass is 10.4. The number of methoxy groups -OCH3 is 1. The largest absolute Gasteiger partial charge is 0.407 e. The summed E-state index contributed by atoms with van der Waals surface area (Å²) in [6.45, 7) is 3.26. The maximum atomic E-state index is 5.43. The summed E-state index contributed by atoms with van der Waals surface area (Å²) in [4.78, 5) is 0. The lowest BCUT2D eigenvalue weighted by molar-refractivity contribution is 0.189. The zero-order valence-electron chi connectivity index (χ0n) is 9.69. The van der Waals surface area contributed by atoms with Gasteiger partial charge in [-0.1, -0.05) is 5.10 Å². The molecule has 1 aromatic heterocycles. The molecular weight excluding hydrogens is 208 g/mol. The van der Waals surface area contributed by atoms with Gasteiger partial charge in [0.25, 0.3) is 0 Å². The fourth-order valence-electron chi connectivity index (χ4n) is 1.40. The molecule has 0 aliphatic heterocycles. The maximum absolute atomic E-state index is 5.43. The van der Waals surface area contributed by atoms with Gasteiger partial charge in [-0.15, -0.1) is 5.10 Å². The second kappa shape index (κ2) is 5.27. The molecule has 0 bridgehead atoms. The van der Waals surface area contributed by atoms with Crippen molar-refractivity contribution in [3.8, 4) is 0 Å². The Morgan fingerprint density at radius 3 is 3.00 bits per heavy atom. The number of hydrogen-bond donors (Lipinski definition) is 2. The first-order chi connectivity index (χ1) is 7.78. The van der Waals surface area contributed by atoms with Crippen molar-refractivity contribution in [3.05, 3.63) is 5.89 Å². The quantitative estimate of drug-likeness (QED) is 0.715. The van der Waals surface area contributed by atoms with Gasteiger partial charge in [-0.25, -0.2) is 0 Å². The van der Waals surface area contributed by atoms with Crippen LogP contribution in [0.4, 0.5) is 6.01 Å². The van der Waals surface area contributed by atoms with Gasteiger partial charge in [0.1, 0.15) is 0 Å². The van der Waals surface area contributed by atoms with Crippen LogP contribution in [-0.2, 0) is 11.3 Å². The topological polar surface area (TPSA) is 72.2 Å². The van der Waals surface area contributed by atoms with Crippen LogP contribution in [0.3, 0.4) is 0 Å². The average Bonchev–Trinajstić information content (AvgIpc) is 2.98. The summed E-state index contributed by atoms with van der Waals surface area (Å²) in [7, 11) is 1.66. The van der Waals surface area contributed by atoms with Crippen molar-refractivity contribution >= 4 is 6.01 Å². The molecule has 1 aromatic rings. The molecule has 6 heteroatoms. The predicted octanol–water partition coefficient (Wildman–Crippen LogP) is 0.768. The Morgan fingerprint density at radius 1 is 1.50 bits per heavy atom. The number of anilines is 1. The van der Waals surface area contributed by atoms with Crippen molar-refractivity contribution in [2.24, 2.45) is 0 Å². The van der Waals surface area contributed by atoms with E-state index in [9.17, 15) is 0 Å². The third kappa shape index (κ3) is 3.46. The van der Waals surface area contributed by atoms with Crippen LogP contribution in [0.2, 0.25) is 0 Å². The third-order valence-electron chi connectivity index (χ3n) is 2.37. The normalized spacial score (nSPS) is 17.4. The van der Waals surface area contributed by atoms with Crippen LogP contribution in [-0.4, -0.2) is 36.0 Å². The highest BCUT2D eigenvalue weighted by Gasteiger charge is 2.21. The van der Waals surface area contributed by atoms with Gasteiger partial charge in [0.05, 0.1) is 19.2 Å². The molecule has 0 radical (unpaired) electrons. The first kappa shape index (κ1) is 11.3. The Hall–Kier alpha value is -1.14. The molecule has 1 aliphatic rings. The van der Waals surface area contributed by atoms with Crippen molar-refractivity contribution in [3.63, 3.8) is 0 Å². The molecule has 1 atom stereocenters. The number of hydrogen-bond acceptors (Lipinski definition) is 6. The first-order valence-electron chi connectivity index (χ1n) is 5.59. The van der Waals surface area contributed by atoms with Crippen molar-refractivity contribution in [2.45, 2.75) is 38.4 Å². The van der Waals surface area contributed by atoms with Crippen molar-refractivity contribution < 1.29 is 9.15 Å². The van der Waals surface area contributed by atoms with E-state index in [1.807, 2.05) is 6.92 Å². The Balaban J connectivity index is 1.76. The highest BCUT2D eigenvalue weighted by atomic mass is 16.5. The lowest BCUT2D eigenvalue weighted by Crippen LogP contribution is -2.20. The standard InChI is InChI=1S/C10H18N4O2/c1-7(6-15-2)12-10-14-13-9(16-10)5-11-8-3-4-8/h7-8,11H,3-6H2,1-2H3,(H,12,14). The minimum atomic E-state index is 0.162. The van der Waals surface area contributed by atoms with Gasteiger partial charge in [-0.3, -0.25) is 0 Å². The lowest BCUT2D eigenvalue weighted by Gasteiger charge is -2.09. The average molecular weight is 226 g/mol. The molecule has 0 amide bonds. The second-order valence-electron chi connectivity index (χ2n) is 4.16. The Morgan fingerprint density at radius 2 is 2.31 bits per heavy atom. The van der Waals surface area contributed by atoms with Gasteiger partial charge in [-0.05, 0) is 19.8 Å². The third-order valence-corrected chi connectivity index (χ3v) is 2.37. The highest BCUT2D eigenvalue weighted by molar-refractivity contribution is 5.18. The minimum Gasteiger partial charge on any atom is -0.407 e. The molecule has 0 saturated heterocycles. The second-order valence-corrected chi connectivity index (χ2v) is 4.16. The summed E-state index contributed by atoms with van der Waals surface area (Å²) >= 11 is 0. The van der Waals surface area contributed by atoms with E-state index in [0.29, 0.717) is 31.1 Å². The highest BCUT2D eigenvalue weighted by Crippen LogP contribution is 2.19. The molecule has 1 heterocycles. The van der Waals surface area contributed by atoms with Gasteiger partial charge in [0.2, 0.25) is 5.89 Å². The van der Waals surface area contributed by atoms with Crippen LogP contribution < -0.4 is 10.6 Å². The van der Waals surface area contributed by atoms with Crippen molar-refractivity contribution in [1.29, 1.82) is 0 Å². The zero-order chi connectivity index (χ0) is 11.4. The van der Waals surface area contributed by atoms with Crippen LogP contribution in [0.25, 0.3) is 0 Å². The molecule has 0 aromatic carbocycles. The number of nitrogens with one attached hydrogen (secondary N) is 2.